The van der Waals surface area contributed by atoms with Crippen LogP contribution in [-0.4, -0.2) is 32.7 Å². The third-order valence-electron chi connectivity index (χ3n) is 3.15. The van der Waals surface area contributed by atoms with E-state index in [0.717, 1.165) is 17.9 Å². The van der Waals surface area contributed by atoms with E-state index in [4.69, 9.17) is 4.74 Å². The van der Waals surface area contributed by atoms with Crippen LogP contribution in [0.5, 0.6) is 5.88 Å². The molecule has 108 valence electrons. The molecule has 1 N–H and O–H groups in total. The number of aromatic nitrogens is 1. The lowest BCUT2D eigenvalue weighted by molar-refractivity contribution is 0.399. The van der Waals surface area contributed by atoms with E-state index in [0.29, 0.717) is 5.88 Å². The number of methoxy groups -OCH3 is 1. The Morgan fingerprint density at radius 2 is 1.95 bits per heavy atom. The zero-order valence-corrected chi connectivity index (χ0v) is 12.7. The summed E-state index contributed by atoms with van der Waals surface area (Å²) in [7, 11) is 5.72. The van der Waals surface area contributed by atoms with E-state index < -0.39 is 0 Å². The molecule has 0 saturated heterocycles. The molecule has 0 spiro atoms. The van der Waals surface area contributed by atoms with Crippen LogP contribution in [0.2, 0.25) is 0 Å². The first kappa shape index (κ1) is 15.6. The molecule has 0 amide bonds. The lowest BCUT2D eigenvalue weighted by Gasteiger charge is -2.20. The molecule has 0 aromatic carbocycles. The zero-order chi connectivity index (χ0) is 14.1. The van der Waals surface area contributed by atoms with Crippen LogP contribution in [0, 0.1) is 0 Å². The average Bonchev–Trinajstić information content (AvgIpc) is 2.42. The Kier molecular flexibility index (Phi) is 7.08. The van der Waals surface area contributed by atoms with E-state index in [9.17, 15) is 0 Å². The molecule has 4 nitrogen and oxygen atoms in total. The predicted octanol–water partition coefficient (Wildman–Crippen LogP) is 3.54. The third kappa shape index (κ3) is 4.97. The minimum absolute atomic E-state index is 0.666. The van der Waals surface area contributed by atoms with Crippen molar-refractivity contribution >= 4 is 11.4 Å². The summed E-state index contributed by atoms with van der Waals surface area (Å²) in [5.74, 6) is 0.666. The molecule has 0 aliphatic heterocycles. The van der Waals surface area contributed by atoms with Crippen molar-refractivity contribution < 1.29 is 4.74 Å². The molecule has 19 heavy (non-hydrogen) atoms. The summed E-state index contributed by atoms with van der Waals surface area (Å²) in [5, 5.41) is 3.46. The minimum Gasteiger partial charge on any atom is -0.479 e. The Balaban J connectivity index is 2.55. The van der Waals surface area contributed by atoms with Gasteiger partial charge in [-0.3, -0.25) is 0 Å². The molecule has 1 aromatic heterocycles. The van der Waals surface area contributed by atoms with Crippen molar-refractivity contribution in [2.75, 3.05) is 38.0 Å². The predicted molar refractivity (Wildman–Crippen MR) is 82.4 cm³/mol. The molecule has 1 heterocycles. The van der Waals surface area contributed by atoms with Crippen LogP contribution < -0.4 is 15.0 Å². The topological polar surface area (TPSA) is 37.4 Å². The smallest absolute Gasteiger partial charge is 0.239 e. The fourth-order valence-corrected chi connectivity index (χ4v) is 2.07. The van der Waals surface area contributed by atoms with Crippen molar-refractivity contribution in [3.05, 3.63) is 12.3 Å². The second-order valence-corrected chi connectivity index (χ2v) is 4.95. The molecular formula is C15H27N3O. The van der Waals surface area contributed by atoms with E-state index >= 15 is 0 Å². The second-order valence-electron chi connectivity index (χ2n) is 4.95. The lowest BCUT2D eigenvalue weighted by atomic mass is 10.1. The molecule has 0 aliphatic carbocycles. The quantitative estimate of drug-likeness (QED) is 0.693. The van der Waals surface area contributed by atoms with Crippen molar-refractivity contribution in [3.8, 4) is 5.88 Å². The first-order valence-corrected chi connectivity index (χ1v) is 7.14. The number of nitrogens with one attached hydrogen (secondary N) is 1. The highest BCUT2D eigenvalue weighted by molar-refractivity contribution is 5.74. The molecule has 4 heteroatoms. The van der Waals surface area contributed by atoms with Gasteiger partial charge in [0.2, 0.25) is 5.88 Å². The summed E-state index contributed by atoms with van der Waals surface area (Å²) in [6.45, 7) is 3.20. The van der Waals surface area contributed by atoms with Gasteiger partial charge in [-0.1, -0.05) is 32.6 Å². The molecule has 0 aliphatic rings. The number of ether oxygens (including phenoxy) is 1. The van der Waals surface area contributed by atoms with Gasteiger partial charge in [0.25, 0.3) is 0 Å². The number of anilines is 2. The molecule has 0 unspecified atom stereocenters. The first-order valence-electron chi connectivity index (χ1n) is 7.14. The van der Waals surface area contributed by atoms with E-state index in [1.807, 2.05) is 20.2 Å². The van der Waals surface area contributed by atoms with Gasteiger partial charge in [-0.2, -0.15) is 0 Å². The fourth-order valence-electron chi connectivity index (χ4n) is 2.07. The highest BCUT2D eigenvalue weighted by Crippen LogP contribution is 2.31. The SMILES string of the molecule is CCCCCCCNc1c(N(C)C)ccnc1OC. The van der Waals surface area contributed by atoms with Crippen LogP contribution in [0.4, 0.5) is 11.4 Å². The molecule has 0 atom stereocenters. The maximum Gasteiger partial charge on any atom is 0.239 e. The molecular weight excluding hydrogens is 238 g/mol. The second kappa shape index (κ2) is 8.62. The van der Waals surface area contributed by atoms with Crippen LogP contribution in [0.1, 0.15) is 39.0 Å². The number of hydrogen-bond donors (Lipinski definition) is 1. The van der Waals surface area contributed by atoms with Crippen LogP contribution >= 0.6 is 0 Å². The number of unbranched alkanes of at least 4 members (excludes halogenated alkanes) is 4. The van der Waals surface area contributed by atoms with Crippen molar-refractivity contribution in [1.29, 1.82) is 0 Å². The highest BCUT2D eigenvalue weighted by Gasteiger charge is 2.11. The Bertz CT molecular complexity index is 366. The van der Waals surface area contributed by atoms with Crippen LogP contribution in [0.25, 0.3) is 0 Å². The van der Waals surface area contributed by atoms with Gasteiger partial charge in [-0.05, 0) is 12.5 Å². The zero-order valence-electron chi connectivity index (χ0n) is 12.7. The van der Waals surface area contributed by atoms with Crippen LogP contribution in [-0.2, 0) is 0 Å². The number of rotatable bonds is 9. The molecule has 0 radical (unpaired) electrons. The number of pyridine rings is 1. The van der Waals surface area contributed by atoms with E-state index in [1.165, 1.54) is 32.1 Å². The van der Waals surface area contributed by atoms with Gasteiger partial charge in [0.1, 0.15) is 5.69 Å². The Morgan fingerprint density at radius 3 is 2.58 bits per heavy atom. The lowest BCUT2D eigenvalue weighted by Crippen LogP contribution is -2.14. The fraction of sp³-hybridized carbons (Fsp3) is 0.667. The largest absolute Gasteiger partial charge is 0.479 e. The molecule has 0 bridgehead atoms. The van der Waals surface area contributed by atoms with Crippen LogP contribution in [0.3, 0.4) is 0 Å². The summed E-state index contributed by atoms with van der Waals surface area (Å²) in [5.41, 5.74) is 2.10. The molecule has 1 aromatic rings. The molecule has 1 rings (SSSR count). The molecule has 0 saturated carbocycles. The minimum atomic E-state index is 0.666. The van der Waals surface area contributed by atoms with Crippen molar-refractivity contribution in [1.82, 2.24) is 4.98 Å². The van der Waals surface area contributed by atoms with E-state index in [-0.39, 0.29) is 0 Å². The van der Waals surface area contributed by atoms with Gasteiger partial charge < -0.3 is 15.0 Å². The molecule has 0 fully saturated rings. The maximum atomic E-state index is 5.33. The van der Waals surface area contributed by atoms with E-state index in [2.05, 4.69) is 22.1 Å². The Morgan fingerprint density at radius 1 is 1.21 bits per heavy atom. The third-order valence-corrected chi connectivity index (χ3v) is 3.15. The summed E-state index contributed by atoms with van der Waals surface area (Å²) < 4.78 is 5.33. The van der Waals surface area contributed by atoms with Gasteiger partial charge in [0.15, 0.2) is 0 Å². The van der Waals surface area contributed by atoms with Gasteiger partial charge in [0.05, 0.1) is 12.8 Å². The highest BCUT2D eigenvalue weighted by atomic mass is 16.5. The normalized spacial score (nSPS) is 10.3. The Labute approximate surface area is 117 Å². The standard InChI is InChI=1S/C15H27N3O/c1-5-6-7-8-9-11-16-14-13(18(2)3)10-12-17-15(14)19-4/h10,12,16H,5-9,11H2,1-4H3. The van der Waals surface area contributed by atoms with E-state index in [1.54, 1.807) is 13.3 Å². The average molecular weight is 265 g/mol. The van der Waals surface area contributed by atoms with Gasteiger partial charge in [0, 0.05) is 26.8 Å². The summed E-state index contributed by atoms with van der Waals surface area (Å²) in [6, 6.07) is 2.00. The van der Waals surface area contributed by atoms with Crippen molar-refractivity contribution in [3.63, 3.8) is 0 Å². The maximum absolute atomic E-state index is 5.33. The van der Waals surface area contributed by atoms with Crippen LogP contribution in [0.15, 0.2) is 12.3 Å². The van der Waals surface area contributed by atoms with Gasteiger partial charge in [-0.25, -0.2) is 4.98 Å². The van der Waals surface area contributed by atoms with Crippen molar-refractivity contribution in [2.24, 2.45) is 0 Å². The summed E-state index contributed by atoms with van der Waals surface area (Å²) >= 11 is 0. The number of hydrogen-bond acceptors (Lipinski definition) is 4. The Hall–Kier alpha value is -1.45. The number of nitrogens with zero attached hydrogens (tertiary/aromatic N) is 2. The first-order chi connectivity index (χ1) is 9.20. The summed E-state index contributed by atoms with van der Waals surface area (Å²) in [4.78, 5) is 6.33. The monoisotopic (exact) mass is 265 g/mol. The van der Waals surface area contributed by atoms with Gasteiger partial charge in [-0.15, -0.1) is 0 Å². The summed E-state index contributed by atoms with van der Waals surface area (Å²) in [6.07, 6.45) is 8.18. The van der Waals surface area contributed by atoms with Crippen molar-refractivity contribution in [2.45, 2.75) is 39.0 Å². The van der Waals surface area contributed by atoms with Gasteiger partial charge >= 0.3 is 0 Å².